The summed E-state index contributed by atoms with van der Waals surface area (Å²) in [5, 5.41) is 2.72. The Morgan fingerprint density at radius 2 is 1.54 bits per heavy atom. The molecule has 28 heavy (non-hydrogen) atoms. The number of piperidine rings is 1. The van der Waals surface area contributed by atoms with Crippen LogP contribution in [0.1, 0.15) is 32.6 Å². The van der Waals surface area contributed by atoms with Crippen molar-refractivity contribution in [3.05, 3.63) is 0 Å². The lowest BCUT2D eigenvalue weighted by molar-refractivity contribution is -0.151. The van der Waals surface area contributed by atoms with Gasteiger partial charge in [-0.05, 0) is 32.6 Å². The van der Waals surface area contributed by atoms with E-state index in [9.17, 15) is 19.2 Å². The molecule has 0 spiro atoms. The average Bonchev–Trinajstić information content (AvgIpc) is 3.52. The number of hydrogen-bond donors (Lipinski definition) is 1. The van der Waals surface area contributed by atoms with Crippen molar-refractivity contribution in [3.8, 4) is 0 Å². The van der Waals surface area contributed by atoms with Gasteiger partial charge in [0.1, 0.15) is 0 Å². The molecule has 1 N–H and O–H groups in total. The Morgan fingerprint density at radius 1 is 0.893 bits per heavy atom. The molecule has 0 atom stereocenters. The second-order valence-corrected chi connectivity index (χ2v) is 7.72. The summed E-state index contributed by atoms with van der Waals surface area (Å²) >= 11 is 0. The van der Waals surface area contributed by atoms with Crippen molar-refractivity contribution < 1.29 is 23.9 Å². The minimum Gasteiger partial charge on any atom is -0.466 e. The van der Waals surface area contributed by atoms with E-state index in [-0.39, 0.29) is 23.8 Å². The molecular formula is C19H30N4O5. The Hall–Kier alpha value is -2.16. The summed E-state index contributed by atoms with van der Waals surface area (Å²) in [6.45, 7) is 5.69. The van der Waals surface area contributed by atoms with Crippen LogP contribution in [0.15, 0.2) is 0 Å². The first-order valence-electron chi connectivity index (χ1n) is 10.2. The topological polar surface area (TPSA) is 99.3 Å². The van der Waals surface area contributed by atoms with Gasteiger partial charge >= 0.3 is 17.8 Å². The molecule has 3 fully saturated rings. The maximum absolute atomic E-state index is 12.5. The van der Waals surface area contributed by atoms with Crippen molar-refractivity contribution in [3.63, 3.8) is 0 Å². The smallest absolute Gasteiger partial charge is 0.311 e. The van der Waals surface area contributed by atoms with Crippen LogP contribution < -0.4 is 5.32 Å². The van der Waals surface area contributed by atoms with E-state index in [1.165, 1.54) is 0 Å². The van der Waals surface area contributed by atoms with E-state index in [0.717, 1.165) is 12.8 Å². The van der Waals surface area contributed by atoms with Gasteiger partial charge in [0.25, 0.3) is 0 Å². The number of nitrogens with zero attached hydrogens (tertiary/aromatic N) is 3. The molecule has 2 heterocycles. The third-order valence-electron chi connectivity index (χ3n) is 5.59. The van der Waals surface area contributed by atoms with E-state index < -0.39 is 11.8 Å². The predicted octanol–water partition coefficient (Wildman–Crippen LogP) is -0.789. The molecule has 3 rings (SSSR count). The van der Waals surface area contributed by atoms with Crippen LogP contribution in [-0.2, 0) is 23.9 Å². The average molecular weight is 394 g/mol. The zero-order valence-electron chi connectivity index (χ0n) is 16.5. The Kier molecular flexibility index (Phi) is 6.88. The minimum absolute atomic E-state index is 0.0496. The van der Waals surface area contributed by atoms with Crippen LogP contribution in [0.3, 0.4) is 0 Å². The maximum atomic E-state index is 12.5. The van der Waals surface area contributed by atoms with Gasteiger partial charge < -0.3 is 19.9 Å². The standard InChI is InChI=1S/C19H30N4O5/c1-2-28-19(27)14-5-7-22(8-6-14)16(24)13-21-9-11-23(12-10-21)18(26)17(25)20-15-3-4-15/h14-15H,2-13H2,1H3,(H,20,25). The quantitative estimate of drug-likeness (QED) is 0.485. The van der Waals surface area contributed by atoms with E-state index in [4.69, 9.17) is 4.74 Å². The van der Waals surface area contributed by atoms with Gasteiger partial charge in [-0.15, -0.1) is 0 Å². The van der Waals surface area contributed by atoms with Gasteiger partial charge in [0.05, 0.1) is 19.1 Å². The molecule has 2 saturated heterocycles. The number of likely N-dealkylation sites (tertiary alicyclic amines) is 1. The molecule has 0 aromatic carbocycles. The van der Waals surface area contributed by atoms with Gasteiger partial charge in [-0.3, -0.25) is 24.1 Å². The molecule has 0 bridgehead atoms. The number of amides is 3. The summed E-state index contributed by atoms with van der Waals surface area (Å²) in [6, 6.07) is 0.170. The molecule has 2 aliphatic heterocycles. The highest BCUT2D eigenvalue weighted by Crippen LogP contribution is 2.20. The molecule has 9 nitrogen and oxygen atoms in total. The number of rotatable bonds is 5. The van der Waals surface area contributed by atoms with Crippen molar-refractivity contribution in [2.45, 2.75) is 38.6 Å². The van der Waals surface area contributed by atoms with E-state index >= 15 is 0 Å². The fourth-order valence-corrected chi connectivity index (χ4v) is 3.64. The largest absolute Gasteiger partial charge is 0.466 e. The molecule has 1 aliphatic carbocycles. The van der Waals surface area contributed by atoms with E-state index in [2.05, 4.69) is 5.32 Å². The molecule has 1 saturated carbocycles. The predicted molar refractivity (Wildman–Crippen MR) is 100 cm³/mol. The fraction of sp³-hybridized carbons (Fsp3) is 0.789. The van der Waals surface area contributed by atoms with Gasteiger partial charge in [0, 0.05) is 45.3 Å². The lowest BCUT2D eigenvalue weighted by Gasteiger charge is -2.36. The van der Waals surface area contributed by atoms with Crippen molar-refractivity contribution >= 4 is 23.7 Å². The molecule has 3 aliphatic rings. The third-order valence-corrected chi connectivity index (χ3v) is 5.59. The van der Waals surface area contributed by atoms with Crippen LogP contribution in [0.4, 0.5) is 0 Å². The first-order chi connectivity index (χ1) is 13.5. The summed E-state index contributed by atoms with van der Waals surface area (Å²) < 4.78 is 5.06. The van der Waals surface area contributed by atoms with Crippen LogP contribution in [0.2, 0.25) is 0 Å². The maximum Gasteiger partial charge on any atom is 0.311 e. The first kappa shape index (κ1) is 20.6. The summed E-state index contributed by atoms with van der Waals surface area (Å²) in [5.41, 5.74) is 0. The van der Waals surface area contributed by atoms with E-state index in [1.54, 1.807) is 16.7 Å². The normalized spacial score (nSPS) is 21.3. The summed E-state index contributed by atoms with van der Waals surface area (Å²) in [4.78, 5) is 53.7. The summed E-state index contributed by atoms with van der Waals surface area (Å²) in [6.07, 6.45) is 3.18. The second kappa shape index (κ2) is 9.36. The van der Waals surface area contributed by atoms with Crippen LogP contribution >= 0.6 is 0 Å². The van der Waals surface area contributed by atoms with Gasteiger partial charge in [-0.2, -0.15) is 0 Å². The van der Waals surface area contributed by atoms with Crippen LogP contribution in [0.25, 0.3) is 0 Å². The molecule has 3 amide bonds. The third kappa shape index (κ3) is 5.43. The van der Waals surface area contributed by atoms with Crippen molar-refractivity contribution in [1.29, 1.82) is 0 Å². The van der Waals surface area contributed by atoms with Crippen LogP contribution in [0, 0.1) is 5.92 Å². The molecule has 156 valence electrons. The Morgan fingerprint density at radius 3 is 2.11 bits per heavy atom. The Labute approximate surface area is 165 Å². The number of piperazine rings is 1. The van der Waals surface area contributed by atoms with Crippen molar-refractivity contribution in [2.24, 2.45) is 5.92 Å². The molecular weight excluding hydrogens is 364 g/mol. The highest BCUT2D eigenvalue weighted by Gasteiger charge is 2.32. The zero-order chi connectivity index (χ0) is 20.1. The van der Waals surface area contributed by atoms with Crippen molar-refractivity contribution in [1.82, 2.24) is 20.0 Å². The second-order valence-electron chi connectivity index (χ2n) is 7.72. The van der Waals surface area contributed by atoms with E-state index in [0.29, 0.717) is 65.3 Å². The van der Waals surface area contributed by atoms with Crippen LogP contribution in [-0.4, -0.2) is 96.9 Å². The molecule has 0 aromatic heterocycles. The number of esters is 1. The van der Waals surface area contributed by atoms with E-state index in [1.807, 2.05) is 4.90 Å². The monoisotopic (exact) mass is 394 g/mol. The Balaban J connectivity index is 1.36. The van der Waals surface area contributed by atoms with Crippen molar-refractivity contribution in [2.75, 3.05) is 52.4 Å². The van der Waals surface area contributed by atoms with Gasteiger partial charge in [0.15, 0.2) is 0 Å². The van der Waals surface area contributed by atoms with Gasteiger partial charge in [-0.1, -0.05) is 0 Å². The fourth-order valence-electron chi connectivity index (χ4n) is 3.64. The number of carbonyl (C=O) groups is 4. The molecule has 0 radical (unpaired) electrons. The molecule has 0 unspecified atom stereocenters. The van der Waals surface area contributed by atoms with Gasteiger partial charge in [0.2, 0.25) is 5.91 Å². The Bertz CT molecular complexity index is 605. The SMILES string of the molecule is CCOC(=O)C1CCN(C(=O)CN2CCN(C(=O)C(=O)NC3CC3)CC2)CC1. The first-order valence-corrected chi connectivity index (χ1v) is 10.2. The summed E-state index contributed by atoms with van der Waals surface area (Å²) in [7, 11) is 0. The zero-order valence-corrected chi connectivity index (χ0v) is 16.5. The minimum atomic E-state index is -0.517. The number of ether oxygens (including phenoxy) is 1. The number of nitrogens with one attached hydrogen (secondary N) is 1. The lowest BCUT2D eigenvalue weighted by atomic mass is 9.97. The van der Waals surface area contributed by atoms with Crippen LogP contribution in [0.5, 0.6) is 0 Å². The molecule has 0 aromatic rings. The number of carbonyl (C=O) groups excluding carboxylic acids is 4. The molecule has 9 heteroatoms. The highest BCUT2D eigenvalue weighted by molar-refractivity contribution is 6.35. The lowest BCUT2D eigenvalue weighted by Crippen LogP contribution is -2.54. The van der Waals surface area contributed by atoms with Gasteiger partial charge in [-0.25, -0.2) is 0 Å². The highest BCUT2D eigenvalue weighted by atomic mass is 16.5. The summed E-state index contributed by atoms with van der Waals surface area (Å²) in [5.74, 6) is -1.22. The number of hydrogen-bond acceptors (Lipinski definition) is 6.